The molecule has 0 radical (unpaired) electrons. The molecule has 1 atom stereocenters. The van der Waals surface area contributed by atoms with Gasteiger partial charge >= 0.3 is 0 Å². The highest BCUT2D eigenvalue weighted by molar-refractivity contribution is 9.10. The Kier molecular flexibility index (Phi) is 3.12. The summed E-state index contributed by atoms with van der Waals surface area (Å²) < 4.78 is 0.953. The molecule has 66 valence electrons. The quantitative estimate of drug-likeness (QED) is 0.820. The second kappa shape index (κ2) is 3.92. The molecule has 3 N–H and O–H groups in total. The lowest BCUT2D eigenvalue weighted by atomic mass is 10.1. The summed E-state index contributed by atoms with van der Waals surface area (Å²) >= 11 is 3.38. The summed E-state index contributed by atoms with van der Waals surface area (Å²) in [6, 6.07) is 5.13. The van der Waals surface area contributed by atoms with E-state index in [1.165, 1.54) is 0 Å². The minimum atomic E-state index is -0.00789. The number of rotatable bonds is 2. The van der Waals surface area contributed by atoms with Crippen molar-refractivity contribution in [1.29, 1.82) is 0 Å². The fraction of sp³-hybridized carbons (Fsp3) is 0.333. The van der Waals surface area contributed by atoms with E-state index in [2.05, 4.69) is 15.9 Å². The summed E-state index contributed by atoms with van der Waals surface area (Å²) in [4.78, 5) is 0. The van der Waals surface area contributed by atoms with E-state index in [9.17, 15) is 5.11 Å². The predicted molar refractivity (Wildman–Crippen MR) is 53.0 cm³/mol. The molecule has 0 aliphatic carbocycles. The van der Waals surface area contributed by atoms with Crippen molar-refractivity contribution >= 4 is 15.9 Å². The monoisotopic (exact) mass is 229 g/mol. The first-order valence-electron chi connectivity index (χ1n) is 3.89. The summed E-state index contributed by atoms with van der Waals surface area (Å²) in [5, 5.41) is 9.21. The van der Waals surface area contributed by atoms with Gasteiger partial charge in [-0.15, -0.1) is 0 Å². The Morgan fingerprint density at radius 1 is 1.58 bits per heavy atom. The van der Waals surface area contributed by atoms with Crippen molar-refractivity contribution in [3.63, 3.8) is 0 Å². The maximum absolute atomic E-state index is 9.21. The molecule has 0 bridgehead atoms. The van der Waals surface area contributed by atoms with Gasteiger partial charge in [0.1, 0.15) is 5.75 Å². The molecule has 1 rings (SSSR count). The molecule has 0 amide bonds. The van der Waals surface area contributed by atoms with E-state index >= 15 is 0 Å². The maximum Gasteiger partial charge on any atom is 0.115 e. The number of benzene rings is 1. The van der Waals surface area contributed by atoms with E-state index in [0.29, 0.717) is 0 Å². The van der Waals surface area contributed by atoms with Crippen LogP contribution in [0.25, 0.3) is 0 Å². The average Bonchev–Trinajstić information content (AvgIpc) is 2.08. The van der Waals surface area contributed by atoms with Gasteiger partial charge in [0.05, 0.1) is 0 Å². The first-order chi connectivity index (χ1) is 5.65. The van der Waals surface area contributed by atoms with Gasteiger partial charge in [-0.1, -0.05) is 22.9 Å². The van der Waals surface area contributed by atoms with Crippen LogP contribution in [-0.2, 0) is 0 Å². The molecule has 0 aromatic heterocycles. The zero-order valence-corrected chi connectivity index (χ0v) is 8.51. The molecule has 0 unspecified atom stereocenters. The molecule has 0 spiro atoms. The van der Waals surface area contributed by atoms with E-state index in [4.69, 9.17) is 5.73 Å². The topological polar surface area (TPSA) is 46.2 Å². The van der Waals surface area contributed by atoms with Gasteiger partial charge < -0.3 is 10.8 Å². The number of phenolic OH excluding ortho intramolecular Hbond substituents is 1. The van der Waals surface area contributed by atoms with Gasteiger partial charge in [-0.25, -0.2) is 0 Å². The van der Waals surface area contributed by atoms with Crippen molar-refractivity contribution in [1.82, 2.24) is 0 Å². The van der Waals surface area contributed by atoms with E-state index in [-0.39, 0.29) is 11.8 Å². The highest BCUT2D eigenvalue weighted by Crippen LogP contribution is 2.27. The summed E-state index contributed by atoms with van der Waals surface area (Å²) in [6.45, 7) is 2.02. The molecular formula is C9H12BrNO. The smallest absolute Gasteiger partial charge is 0.115 e. The largest absolute Gasteiger partial charge is 0.508 e. The number of halogens is 1. The molecule has 3 heteroatoms. The van der Waals surface area contributed by atoms with Crippen LogP contribution >= 0.6 is 15.9 Å². The van der Waals surface area contributed by atoms with Crippen molar-refractivity contribution in [3.05, 3.63) is 28.2 Å². The number of phenols is 1. The summed E-state index contributed by atoms with van der Waals surface area (Å²) in [6.07, 6.45) is 0.863. The first kappa shape index (κ1) is 9.55. The van der Waals surface area contributed by atoms with Gasteiger partial charge in [0.25, 0.3) is 0 Å². The van der Waals surface area contributed by atoms with Gasteiger partial charge in [-0.3, -0.25) is 0 Å². The Hall–Kier alpha value is -0.540. The molecule has 0 saturated carbocycles. The van der Waals surface area contributed by atoms with Gasteiger partial charge in [0.15, 0.2) is 0 Å². The second-order valence-electron chi connectivity index (χ2n) is 2.72. The molecule has 1 aromatic carbocycles. The minimum Gasteiger partial charge on any atom is -0.508 e. The van der Waals surface area contributed by atoms with E-state index < -0.39 is 0 Å². The Labute approximate surface area is 80.5 Å². The van der Waals surface area contributed by atoms with Gasteiger partial charge in [0, 0.05) is 10.5 Å². The SMILES string of the molecule is CC[C@H](N)c1cc(O)ccc1Br. The van der Waals surface area contributed by atoms with Crippen LogP contribution in [0.3, 0.4) is 0 Å². The Morgan fingerprint density at radius 3 is 2.83 bits per heavy atom. The summed E-state index contributed by atoms with van der Waals surface area (Å²) in [7, 11) is 0. The van der Waals surface area contributed by atoms with Crippen molar-refractivity contribution in [2.24, 2.45) is 5.73 Å². The second-order valence-corrected chi connectivity index (χ2v) is 3.57. The van der Waals surface area contributed by atoms with Gasteiger partial charge in [-0.2, -0.15) is 0 Å². The number of hydrogen-bond acceptors (Lipinski definition) is 2. The van der Waals surface area contributed by atoms with E-state index in [0.717, 1.165) is 16.5 Å². The van der Waals surface area contributed by atoms with Crippen LogP contribution < -0.4 is 5.73 Å². The molecule has 0 aliphatic rings. The zero-order valence-electron chi connectivity index (χ0n) is 6.92. The zero-order chi connectivity index (χ0) is 9.14. The molecule has 12 heavy (non-hydrogen) atoms. The Balaban J connectivity index is 3.04. The van der Waals surface area contributed by atoms with Crippen LogP contribution in [0.2, 0.25) is 0 Å². The van der Waals surface area contributed by atoms with Crippen molar-refractivity contribution in [2.75, 3.05) is 0 Å². The van der Waals surface area contributed by atoms with Crippen LogP contribution in [0.15, 0.2) is 22.7 Å². The van der Waals surface area contributed by atoms with Crippen LogP contribution in [0, 0.1) is 0 Å². The van der Waals surface area contributed by atoms with Crippen LogP contribution in [0.1, 0.15) is 24.9 Å². The standard InChI is InChI=1S/C9H12BrNO/c1-2-9(11)7-5-6(12)3-4-8(7)10/h3-5,9,12H,2,11H2,1H3/t9-/m0/s1. The highest BCUT2D eigenvalue weighted by Gasteiger charge is 2.07. The lowest BCUT2D eigenvalue weighted by molar-refractivity contribution is 0.473. The molecule has 0 heterocycles. The molecular weight excluding hydrogens is 218 g/mol. The predicted octanol–water partition coefficient (Wildman–Crippen LogP) is 2.56. The Bertz CT molecular complexity index is 275. The van der Waals surface area contributed by atoms with Gasteiger partial charge in [0.2, 0.25) is 0 Å². The normalized spacial score (nSPS) is 12.9. The summed E-state index contributed by atoms with van der Waals surface area (Å²) in [5.41, 5.74) is 6.78. The average molecular weight is 230 g/mol. The Morgan fingerprint density at radius 2 is 2.25 bits per heavy atom. The van der Waals surface area contributed by atoms with Crippen LogP contribution in [0.5, 0.6) is 5.75 Å². The van der Waals surface area contributed by atoms with E-state index in [1.54, 1.807) is 18.2 Å². The van der Waals surface area contributed by atoms with Crippen LogP contribution in [0.4, 0.5) is 0 Å². The fourth-order valence-electron chi connectivity index (χ4n) is 1.04. The van der Waals surface area contributed by atoms with Crippen molar-refractivity contribution in [3.8, 4) is 5.75 Å². The van der Waals surface area contributed by atoms with Crippen molar-refractivity contribution < 1.29 is 5.11 Å². The van der Waals surface area contributed by atoms with Crippen molar-refractivity contribution in [2.45, 2.75) is 19.4 Å². The van der Waals surface area contributed by atoms with Crippen LogP contribution in [-0.4, -0.2) is 5.11 Å². The number of hydrogen-bond donors (Lipinski definition) is 2. The fourth-order valence-corrected chi connectivity index (χ4v) is 1.58. The summed E-state index contributed by atoms with van der Waals surface area (Å²) in [5.74, 6) is 0.261. The first-order valence-corrected chi connectivity index (χ1v) is 4.68. The molecule has 0 saturated heterocycles. The molecule has 0 aliphatic heterocycles. The lowest BCUT2D eigenvalue weighted by Gasteiger charge is -2.11. The highest BCUT2D eigenvalue weighted by atomic mass is 79.9. The minimum absolute atomic E-state index is 0.00789. The molecule has 1 aromatic rings. The third-order valence-corrected chi connectivity index (χ3v) is 2.54. The number of aromatic hydroxyl groups is 1. The molecule has 2 nitrogen and oxygen atoms in total. The number of nitrogens with two attached hydrogens (primary N) is 1. The maximum atomic E-state index is 9.21. The lowest BCUT2D eigenvalue weighted by Crippen LogP contribution is -2.08. The van der Waals surface area contributed by atoms with Gasteiger partial charge in [-0.05, 0) is 30.2 Å². The third-order valence-electron chi connectivity index (χ3n) is 1.82. The third kappa shape index (κ3) is 1.99. The van der Waals surface area contributed by atoms with E-state index in [1.807, 2.05) is 6.92 Å². The molecule has 0 fully saturated rings.